The smallest absolute Gasteiger partial charge is 0.224 e. The van der Waals surface area contributed by atoms with E-state index < -0.39 is 8.07 Å². The summed E-state index contributed by atoms with van der Waals surface area (Å²) in [5, 5.41) is 4.25. The van der Waals surface area contributed by atoms with E-state index in [4.69, 9.17) is 4.74 Å². The molecule has 0 saturated carbocycles. The second kappa shape index (κ2) is 8.38. The molecule has 0 aliphatic rings. The zero-order valence-corrected chi connectivity index (χ0v) is 15.6. The minimum absolute atomic E-state index is 0.0147. The fraction of sp³-hybridized carbons (Fsp3) is 0.500. The zero-order valence-electron chi connectivity index (χ0n) is 13.7. The van der Waals surface area contributed by atoms with Crippen molar-refractivity contribution in [1.82, 2.24) is 5.32 Å². The number of rotatable bonds is 8. The Bertz CT molecular complexity index is 517. The number of methoxy groups -OCH3 is 1. The first-order valence-corrected chi connectivity index (χ1v) is 11.2. The van der Waals surface area contributed by atoms with Crippen LogP contribution in [0.25, 0.3) is 0 Å². The van der Waals surface area contributed by atoms with Crippen LogP contribution < -0.4 is 15.2 Å². The number of ketones is 1. The molecule has 0 aliphatic heterocycles. The molecule has 0 spiro atoms. The topological polar surface area (TPSA) is 55.4 Å². The number of Topliss-reactive ketones (excluding diaryl/α,β-unsaturated/α-hetero) is 1. The fourth-order valence-electron chi connectivity index (χ4n) is 2.18. The Morgan fingerprint density at radius 2 is 1.86 bits per heavy atom. The summed E-state index contributed by atoms with van der Waals surface area (Å²) >= 11 is 4.17. The van der Waals surface area contributed by atoms with Crippen molar-refractivity contribution in [1.29, 1.82) is 0 Å². The average Bonchev–Trinajstić information content (AvgIpc) is 2.50. The van der Waals surface area contributed by atoms with Gasteiger partial charge < -0.3 is 14.8 Å². The molecule has 1 amide bonds. The molecule has 0 heterocycles. The third-order valence-electron chi connectivity index (χ3n) is 3.70. The highest BCUT2D eigenvalue weighted by Crippen LogP contribution is 2.11. The quantitative estimate of drug-likeness (QED) is 0.561. The molecule has 1 atom stereocenters. The van der Waals surface area contributed by atoms with Gasteiger partial charge in [-0.2, -0.15) is 12.6 Å². The van der Waals surface area contributed by atoms with Crippen LogP contribution in [0.1, 0.15) is 13.3 Å². The number of hydrogen-bond donors (Lipinski definition) is 2. The summed E-state index contributed by atoms with van der Waals surface area (Å²) in [5.74, 6) is 0.798. The number of nitrogens with one attached hydrogen (secondary N) is 1. The van der Waals surface area contributed by atoms with Gasteiger partial charge in [0, 0.05) is 18.3 Å². The van der Waals surface area contributed by atoms with E-state index in [-0.39, 0.29) is 24.0 Å². The van der Waals surface area contributed by atoms with Gasteiger partial charge in [-0.3, -0.25) is 4.79 Å². The summed E-state index contributed by atoms with van der Waals surface area (Å²) in [7, 11) is -0.131. The molecule has 0 saturated heterocycles. The molecule has 122 valence electrons. The Kier molecular flexibility index (Phi) is 7.15. The Morgan fingerprint density at radius 1 is 1.27 bits per heavy atom. The van der Waals surface area contributed by atoms with Crippen molar-refractivity contribution in [2.75, 3.05) is 19.0 Å². The van der Waals surface area contributed by atoms with Crippen LogP contribution in [0.15, 0.2) is 24.3 Å². The zero-order chi connectivity index (χ0) is 16.8. The molecule has 0 aromatic heterocycles. The van der Waals surface area contributed by atoms with Gasteiger partial charge in [-0.25, -0.2) is 0 Å². The van der Waals surface area contributed by atoms with Crippen LogP contribution in [-0.2, 0) is 9.59 Å². The molecule has 22 heavy (non-hydrogen) atoms. The van der Waals surface area contributed by atoms with Gasteiger partial charge in [0.25, 0.3) is 0 Å². The number of carbonyl (C=O) groups excluding carboxylic acids is 2. The first kappa shape index (κ1) is 18.8. The predicted octanol–water partition coefficient (Wildman–Crippen LogP) is 1.79. The number of carbonyl (C=O) groups is 2. The standard InChI is InChI=1S/C16H25NO3SSi/c1-12(18)9-13(10-21)16(19)17-11-22(3,4)15-7-5-14(20-2)6-8-15/h5-8,13,21H,9-11H2,1-4H3,(H,17,19)/t13-/m0/s1. The van der Waals surface area contributed by atoms with Crippen LogP contribution >= 0.6 is 12.6 Å². The van der Waals surface area contributed by atoms with Crippen molar-refractivity contribution < 1.29 is 14.3 Å². The van der Waals surface area contributed by atoms with Gasteiger partial charge in [0.15, 0.2) is 0 Å². The van der Waals surface area contributed by atoms with Crippen LogP contribution in [0.3, 0.4) is 0 Å². The predicted molar refractivity (Wildman–Crippen MR) is 95.8 cm³/mol. The molecular formula is C16H25NO3SSi. The normalized spacial score (nSPS) is 12.6. The lowest BCUT2D eigenvalue weighted by Crippen LogP contribution is -2.52. The Labute approximate surface area is 139 Å². The Morgan fingerprint density at radius 3 is 2.32 bits per heavy atom. The van der Waals surface area contributed by atoms with Crippen molar-refractivity contribution >= 4 is 37.6 Å². The second-order valence-electron chi connectivity index (χ2n) is 6.12. The summed E-state index contributed by atoms with van der Waals surface area (Å²) in [6.07, 6.45) is 0.889. The summed E-state index contributed by atoms with van der Waals surface area (Å²) in [5.41, 5.74) is 0. The van der Waals surface area contributed by atoms with E-state index in [2.05, 4.69) is 43.2 Å². The van der Waals surface area contributed by atoms with Crippen LogP contribution in [0.4, 0.5) is 0 Å². The second-order valence-corrected chi connectivity index (χ2v) is 11.2. The van der Waals surface area contributed by atoms with Crippen LogP contribution in [0, 0.1) is 5.92 Å². The van der Waals surface area contributed by atoms with Crippen molar-refractivity contribution in [3.05, 3.63) is 24.3 Å². The van der Waals surface area contributed by atoms with E-state index in [9.17, 15) is 9.59 Å². The van der Waals surface area contributed by atoms with E-state index in [0.717, 1.165) is 5.75 Å². The minimum Gasteiger partial charge on any atom is -0.497 e. The van der Waals surface area contributed by atoms with E-state index in [1.807, 2.05) is 12.1 Å². The van der Waals surface area contributed by atoms with Gasteiger partial charge in [-0.1, -0.05) is 30.4 Å². The van der Waals surface area contributed by atoms with Crippen molar-refractivity contribution in [2.45, 2.75) is 26.4 Å². The monoisotopic (exact) mass is 339 g/mol. The van der Waals surface area contributed by atoms with Crippen LogP contribution in [0.5, 0.6) is 5.75 Å². The highest BCUT2D eigenvalue weighted by molar-refractivity contribution is 7.80. The largest absolute Gasteiger partial charge is 0.497 e. The van der Waals surface area contributed by atoms with Gasteiger partial charge in [-0.15, -0.1) is 0 Å². The molecule has 1 rings (SSSR count). The molecule has 6 heteroatoms. The van der Waals surface area contributed by atoms with E-state index in [1.165, 1.54) is 12.1 Å². The van der Waals surface area contributed by atoms with Crippen molar-refractivity contribution in [2.24, 2.45) is 5.92 Å². The van der Waals surface area contributed by atoms with Crippen molar-refractivity contribution in [3.8, 4) is 5.75 Å². The number of hydrogen-bond acceptors (Lipinski definition) is 4. The molecule has 1 N–H and O–H groups in total. The highest BCUT2D eigenvalue weighted by atomic mass is 32.1. The summed E-state index contributed by atoms with van der Waals surface area (Å²) in [6.45, 7) is 5.91. The third kappa shape index (κ3) is 5.49. The molecule has 0 bridgehead atoms. The first-order chi connectivity index (χ1) is 10.3. The SMILES string of the molecule is COc1ccc([Si](C)(C)CNC(=O)[C@H](CS)CC(C)=O)cc1. The minimum atomic E-state index is -1.77. The van der Waals surface area contributed by atoms with Crippen molar-refractivity contribution in [3.63, 3.8) is 0 Å². The van der Waals surface area contributed by atoms with Gasteiger partial charge in [0.05, 0.1) is 13.0 Å². The van der Waals surface area contributed by atoms with Crippen LogP contribution in [0.2, 0.25) is 13.1 Å². The maximum atomic E-state index is 12.2. The summed E-state index contributed by atoms with van der Waals surface area (Å²) < 4.78 is 5.17. The molecule has 0 fully saturated rings. The van der Waals surface area contributed by atoms with E-state index in [1.54, 1.807) is 7.11 Å². The number of benzene rings is 1. The maximum absolute atomic E-state index is 12.2. The Balaban J connectivity index is 2.67. The van der Waals surface area contributed by atoms with E-state index in [0.29, 0.717) is 11.9 Å². The Hall–Kier alpha value is -1.27. The lowest BCUT2D eigenvalue weighted by Gasteiger charge is -2.25. The van der Waals surface area contributed by atoms with Gasteiger partial charge in [-0.05, 0) is 19.1 Å². The van der Waals surface area contributed by atoms with E-state index >= 15 is 0 Å². The van der Waals surface area contributed by atoms with Gasteiger partial charge in [0.1, 0.15) is 19.6 Å². The number of thiol groups is 1. The molecule has 0 aliphatic carbocycles. The van der Waals surface area contributed by atoms with Gasteiger partial charge in [0.2, 0.25) is 5.91 Å². The van der Waals surface area contributed by atoms with Gasteiger partial charge >= 0.3 is 0 Å². The number of ether oxygens (including phenoxy) is 1. The first-order valence-electron chi connectivity index (χ1n) is 7.32. The summed E-state index contributed by atoms with van der Waals surface area (Å²) in [4.78, 5) is 23.4. The summed E-state index contributed by atoms with van der Waals surface area (Å²) in [6, 6.07) is 8.00. The average molecular weight is 340 g/mol. The molecule has 0 radical (unpaired) electrons. The number of amides is 1. The lowest BCUT2D eigenvalue weighted by molar-refractivity contribution is -0.127. The lowest BCUT2D eigenvalue weighted by atomic mass is 10.0. The highest BCUT2D eigenvalue weighted by Gasteiger charge is 2.26. The molecule has 1 aromatic carbocycles. The fourth-order valence-corrected chi connectivity index (χ4v) is 4.37. The molecule has 4 nitrogen and oxygen atoms in total. The third-order valence-corrected chi connectivity index (χ3v) is 7.10. The molecule has 0 unspecified atom stereocenters. The van der Waals surface area contributed by atoms with Crippen LogP contribution in [-0.4, -0.2) is 38.8 Å². The molecule has 1 aromatic rings. The maximum Gasteiger partial charge on any atom is 0.224 e. The molecular weight excluding hydrogens is 314 g/mol.